The largest absolute Gasteiger partial charge is 0.506 e. The average molecular weight is 591 g/mol. The summed E-state index contributed by atoms with van der Waals surface area (Å²) in [5, 5.41) is 16.2. The SMILES string of the molecule is CN1CCN(CCN2CCCC(c3ccc(C(=O)Nc4c(O)cccc4C(=O)Nc4ccc(Cl)cn4)cc3)C2=O)CC1. The van der Waals surface area contributed by atoms with E-state index in [4.69, 9.17) is 11.6 Å². The zero-order valence-corrected chi connectivity index (χ0v) is 24.3. The van der Waals surface area contributed by atoms with Crippen LogP contribution in [-0.2, 0) is 4.79 Å². The molecule has 2 aromatic carbocycles. The molecule has 10 nitrogen and oxygen atoms in total. The first-order valence-corrected chi connectivity index (χ1v) is 14.5. The predicted octanol–water partition coefficient (Wildman–Crippen LogP) is 3.90. The highest BCUT2D eigenvalue weighted by Crippen LogP contribution is 2.30. The second-order valence-electron chi connectivity index (χ2n) is 10.8. The van der Waals surface area contributed by atoms with Crippen molar-refractivity contribution in [1.82, 2.24) is 19.7 Å². The maximum Gasteiger partial charge on any atom is 0.259 e. The fourth-order valence-electron chi connectivity index (χ4n) is 5.35. The number of rotatable bonds is 8. The Hall–Kier alpha value is -3.99. The van der Waals surface area contributed by atoms with Crippen LogP contribution in [0.5, 0.6) is 5.75 Å². The number of phenols is 1. The quantitative estimate of drug-likeness (QED) is 0.341. The van der Waals surface area contributed by atoms with Gasteiger partial charge in [0.25, 0.3) is 11.8 Å². The Bertz CT molecular complexity index is 1420. The Morgan fingerprint density at radius 3 is 2.43 bits per heavy atom. The normalized spacial score (nSPS) is 18.1. The van der Waals surface area contributed by atoms with E-state index in [2.05, 4.69) is 32.5 Å². The number of halogens is 1. The second kappa shape index (κ2) is 13.3. The number of likely N-dealkylation sites (N-methyl/N-ethyl adjacent to an activating group) is 1. The lowest BCUT2D eigenvalue weighted by Gasteiger charge is -2.36. The standard InChI is InChI=1S/C31H35ClN6O4/c1-36-14-16-37(17-15-36)18-19-38-13-3-5-24(31(38)42)21-7-9-22(10-8-21)29(40)35-28-25(4-2-6-26(28)39)30(41)34-27-12-11-23(32)20-33-27/h2,4,6-12,20,24,39H,3,5,13-19H2,1H3,(H,35,40)(H,33,34,41). The van der Waals surface area contributed by atoms with E-state index >= 15 is 0 Å². The Morgan fingerprint density at radius 1 is 0.952 bits per heavy atom. The molecule has 2 fully saturated rings. The van der Waals surface area contributed by atoms with Crippen LogP contribution in [0, 0.1) is 0 Å². The number of nitrogens with zero attached hydrogens (tertiary/aromatic N) is 4. The molecule has 2 aliphatic heterocycles. The first-order chi connectivity index (χ1) is 20.3. The zero-order chi connectivity index (χ0) is 29.6. The highest BCUT2D eigenvalue weighted by atomic mass is 35.5. The van der Waals surface area contributed by atoms with Crippen molar-refractivity contribution in [3.8, 4) is 5.75 Å². The minimum Gasteiger partial charge on any atom is -0.506 e. The molecule has 3 aromatic rings. The molecule has 3 heterocycles. The van der Waals surface area contributed by atoms with Crippen molar-refractivity contribution in [2.75, 3.05) is 63.5 Å². The summed E-state index contributed by atoms with van der Waals surface area (Å²) in [5.41, 5.74) is 1.26. The van der Waals surface area contributed by atoms with Crippen molar-refractivity contribution in [3.05, 3.63) is 82.5 Å². The number of phenolic OH excluding ortho intramolecular Hbond substituents is 1. The molecule has 0 spiro atoms. The fourth-order valence-corrected chi connectivity index (χ4v) is 5.46. The van der Waals surface area contributed by atoms with E-state index in [9.17, 15) is 19.5 Å². The number of carbonyl (C=O) groups is 3. The van der Waals surface area contributed by atoms with Crippen molar-refractivity contribution in [2.45, 2.75) is 18.8 Å². The summed E-state index contributed by atoms with van der Waals surface area (Å²) in [4.78, 5) is 50.2. The highest BCUT2D eigenvalue weighted by molar-refractivity contribution is 6.30. The Kier molecular flexibility index (Phi) is 9.36. The van der Waals surface area contributed by atoms with Crippen molar-refractivity contribution in [2.24, 2.45) is 0 Å². The Morgan fingerprint density at radius 2 is 1.71 bits per heavy atom. The van der Waals surface area contributed by atoms with E-state index < -0.39 is 11.8 Å². The zero-order valence-electron chi connectivity index (χ0n) is 23.6. The van der Waals surface area contributed by atoms with Crippen LogP contribution in [-0.4, -0.2) is 95.4 Å². The summed E-state index contributed by atoms with van der Waals surface area (Å²) in [5.74, 6) is -1.13. The van der Waals surface area contributed by atoms with E-state index in [1.54, 1.807) is 24.3 Å². The molecule has 0 aliphatic carbocycles. The molecule has 3 amide bonds. The van der Waals surface area contributed by atoms with Crippen LogP contribution in [0.4, 0.5) is 11.5 Å². The topological polar surface area (TPSA) is 118 Å². The summed E-state index contributed by atoms with van der Waals surface area (Å²) in [7, 11) is 2.13. The number of aromatic hydroxyl groups is 1. The lowest BCUT2D eigenvalue weighted by Crippen LogP contribution is -2.49. The van der Waals surface area contributed by atoms with Crippen LogP contribution < -0.4 is 10.6 Å². The number of pyridine rings is 1. The number of carbonyl (C=O) groups excluding carboxylic acids is 3. The van der Waals surface area contributed by atoms with Crippen molar-refractivity contribution < 1.29 is 19.5 Å². The Balaban J connectivity index is 1.22. The third kappa shape index (κ3) is 7.07. The van der Waals surface area contributed by atoms with Gasteiger partial charge < -0.3 is 25.5 Å². The Labute approximate surface area is 250 Å². The van der Waals surface area contributed by atoms with Gasteiger partial charge in [-0.25, -0.2) is 4.98 Å². The average Bonchev–Trinajstić information content (AvgIpc) is 2.99. The number of nitrogens with one attached hydrogen (secondary N) is 2. The van der Waals surface area contributed by atoms with E-state index in [-0.39, 0.29) is 34.6 Å². The van der Waals surface area contributed by atoms with Crippen LogP contribution in [0.15, 0.2) is 60.8 Å². The molecular weight excluding hydrogens is 556 g/mol. The lowest BCUT2D eigenvalue weighted by atomic mass is 9.89. The van der Waals surface area contributed by atoms with Crippen molar-refractivity contribution >= 4 is 40.8 Å². The minimum absolute atomic E-state index is 0.0171. The molecule has 1 atom stereocenters. The third-order valence-corrected chi connectivity index (χ3v) is 8.11. The molecule has 3 N–H and O–H groups in total. The molecule has 5 rings (SSSR count). The molecule has 220 valence electrons. The molecule has 11 heteroatoms. The van der Waals surface area contributed by atoms with E-state index in [0.29, 0.717) is 10.6 Å². The number of piperazine rings is 1. The van der Waals surface area contributed by atoms with E-state index in [0.717, 1.165) is 64.2 Å². The van der Waals surface area contributed by atoms with Crippen molar-refractivity contribution in [1.29, 1.82) is 0 Å². The maximum atomic E-state index is 13.3. The maximum absolute atomic E-state index is 13.3. The van der Waals surface area contributed by atoms with Gasteiger partial charge >= 0.3 is 0 Å². The number of hydrogen-bond acceptors (Lipinski definition) is 7. The molecule has 0 bridgehead atoms. The number of amides is 3. The number of anilines is 2. The van der Waals surface area contributed by atoms with Crippen LogP contribution >= 0.6 is 11.6 Å². The van der Waals surface area contributed by atoms with Gasteiger partial charge in [-0.2, -0.15) is 0 Å². The summed E-state index contributed by atoms with van der Waals surface area (Å²) in [6.45, 7) is 6.54. The molecule has 42 heavy (non-hydrogen) atoms. The van der Waals surface area contributed by atoms with Gasteiger partial charge in [0, 0.05) is 57.6 Å². The van der Waals surface area contributed by atoms with Crippen molar-refractivity contribution in [3.63, 3.8) is 0 Å². The monoisotopic (exact) mass is 590 g/mol. The first-order valence-electron chi connectivity index (χ1n) is 14.1. The summed E-state index contributed by atoms with van der Waals surface area (Å²) < 4.78 is 0. The van der Waals surface area contributed by atoms with Gasteiger partial charge in [0.05, 0.1) is 22.2 Å². The first kappa shape index (κ1) is 29.5. The minimum atomic E-state index is -0.556. The van der Waals surface area contributed by atoms with Crippen LogP contribution in [0.1, 0.15) is 45.0 Å². The van der Waals surface area contributed by atoms with Crippen LogP contribution in [0.25, 0.3) is 0 Å². The lowest BCUT2D eigenvalue weighted by molar-refractivity contribution is -0.135. The number of likely N-dealkylation sites (tertiary alicyclic amines) is 1. The summed E-state index contributed by atoms with van der Waals surface area (Å²) in [6, 6.07) is 14.5. The molecular formula is C31H35ClN6O4. The van der Waals surface area contributed by atoms with Crippen LogP contribution in [0.2, 0.25) is 5.02 Å². The number of hydrogen-bond donors (Lipinski definition) is 3. The molecule has 1 unspecified atom stereocenters. The summed E-state index contributed by atoms with van der Waals surface area (Å²) in [6.07, 6.45) is 3.11. The van der Waals surface area contributed by atoms with Gasteiger partial charge in [-0.05, 0) is 61.9 Å². The number of piperidine rings is 1. The summed E-state index contributed by atoms with van der Waals surface area (Å²) >= 11 is 5.86. The fraction of sp³-hybridized carbons (Fsp3) is 0.355. The molecule has 2 saturated heterocycles. The van der Waals surface area contributed by atoms with Gasteiger partial charge in [-0.15, -0.1) is 0 Å². The number of aromatic nitrogens is 1. The van der Waals surface area contributed by atoms with Gasteiger partial charge in [0.2, 0.25) is 5.91 Å². The van der Waals surface area contributed by atoms with Crippen LogP contribution in [0.3, 0.4) is 0 Å². The van der Waals surface area contributed by atoms with Gasteiger partial charge in [0.15, 0.2) is 0 Å². The van der Waals surface area contributed by atoms with E-state index in [1.807, 2.05) is 17.0 Å². The molecule has 2 aliphatic rings. The van der Waals surface area contributed by atoms with E-state index in [1.165, 1.54) is 24.4 Å². The van der Waals surface area contributed by atoms with Gasteiger partial charge in [-0.1, -0.05) is 29.8 Å². The van der Waals surface area contributed by atoms with Gasteiger partial charge in [0.1, 0.15) is 11.6 Å². The molecule has 0 saturated carbocycles. The predicted molar refractivity (Wildman–Crippen MR) is 162 cm³/mol. The third-order valence-electron chi connectivity index (χ3n) is 7.88. The number of benzene rings is 2. The number of para-hydroxylation sites is 1. The second-order valence-corrected chi connectivity index (χ2v) is 11.2. The smallest absolute Gasteiger partial charge is 0.259 e. The highest BCUT2D eigenvalue weighted by Gasteiger charge is 2.30. The molecule has 1 aromatic heterocycles. The van der Waals surface area contributed by atoms with Gasteiger partial charge in [-0.3, -0.25) is 19.3 Å². The molecule has 0 radical (unpaired) electrons.